The van der Waals surface area contributed by atoms with E-state index >= 15 is 0 Å². The summed E-state index contributed by atoms with van der Waals surface area (Å²) < 4.78 is 28.5. The van der Waals surface area contributed by atoms with Crippen molar-refractivity contribution < 1.29 is 13.2 Å². The summed E-state index contributed by atoms with van der Waals surface area (Å²) in [5.74, 6) is 0.362. The van der Waals surface area contributed by atoms with Gasteiger partial charge in [-0.1, -0.05) is 36.8 Å². The first-order chi connectivity index (χ1) is 13.5. The third-order valence-electron chi connectivity index (χ3n) is 5.66. The number of carbonyl (C=O) groups is 1. The highest BCUT2D eigenvalue weighted by atomic mass is 32.2. The van der Waals surface area contributed by atoms with Crippen molar-refractivity contribution >= 4 is 15.9 Å². The van der Waals surface area contributed by atoms with Gasteiger partial charge in [0.25, 0.3) is 10.0 Å². The van der Waals surface area contributed by atoms with Gasteiger partial charge in [0.15, 0.2) is 5.03 Å². The number of hydrogen-bond acceptors (Lipinski definition) is 4. The molecular weight excluding hydrogens is 376 g/mol. The van der Waals surface area contributed by atoms with E-state index in [9.17, 15) is 13.2 Å². The highest BCUT2D eigenvalue weighted by molar-refractivity contribution is 7.89. The van der Waals surface area contributed by atoms with Gasteiger partial charge in [0.05, 0.1) is 6.33 Å². The molecular formula is C20H26N4O3S. The maximum absolute atomic E-state index is 12.7. The molecule has 0 unspecified atom stereocenters. The van der Waals surface area contributed by atoms with Gasteiger partial charge in [-0.25, -0.2) is 13.4 Å². The summed E-state index contributed by atoms with van der Waals surface area (Å²) in [6, 6.07) is 10.2. The summed E-state index contributed by atoms with van der Waals surface area (Å²) in [5, 5.41) is 0.0331. The van der Waals surface area contributed by atoms with Crippen LogP contribution in [0.5, 0.6) is 0 Å². The van der Waals surface area contributed by atoms with E-state index < -0.39 is 10.0 Å². The lowest BCUT2D eigenvalue weighted by Crippen LogP contribution is -2.35. The second kappa shape index (κ2) is 8.05. The van der Waals surface area contributed by atoms with Gasteiger partial charge in [0, 0.05) is 38.3 Å². The molecule has 0 bridgehead atoms. The van der Waals surface area contributed by atoms with E-state index in [4.69, 9.17) is 0 Å². The molecule has 1 amide bonds. The fourth-order valence-corrected chi connectivity index (χ4v) is 5.49. The Bertz CT molecular complexity index is 920. The Labute approximate surface area is 166 Å². The lowest BCUT2D eigenvalue weighted by Gasteiger charge is -2.24. The minimum absolute atomic E-state index is 0.00208. The molecule has 1 aromatic carbocycles. The zero-order valence-corrected chi connectivity index (χ0v) is 16.7. The third kappa shape index (κ3) is 3.98. The number of carbonyl (C=O) groups excluding carboxylic acids is 1. The van der Waals surface area contributed by atoms with Gasteiger partial charge in [0.2, 0.25) is 5.91 Å². The molecule has 150 valence electrons. The maximum Gasteiger partial charge on any atom is 0.262 e. The van der Waals surface area contributed by atoms with Gasteiger partial charge in [0.1, 0.15) is 6.54 Å². The number of hydrogen-bond donors (Lipinski definition) is 0. The highest BCUT2D eigenvalue weighted by Crippen LogP contribution is 2.27. The predicted octanol–water partition coefficient (Wildman–Crippen LogP) is 2.07. The standard InChI is InChI=1S/C20H26N4O3S/c25-20(23-12-9-18(13-23)17-7-3-1-4-8-17)15-22-14-19(21-16-22)28(26,27)24-10-5-2-6-11-24/h1,3-4,7-8,14,16,18H,2,5-6,9-13,15H2/t18-/m1/s1. The average Bonchev–Trinajstić information content (AvgIpc) is 3.39. The second-order valence-electron chi connectivity index (χ2n) is 7.59. The van der Waals surface area contributed by atoms with Crippen molar-refractivity contribution in [2.75, 3.05) is 26.2 Å². The minimum Gasteiger partial charge on any atom is -0.341 e. The van der Waals surface area contributed by atoms with Crippen LogP contribution in [0.25, 0.3) is 0 Å². The quantitative estimate of drug-likeness (QED) is 0.767. The number of amides is 1. The molecule has 2 fully saturated rings. The highest BCUT2D eigenvalue weighted by Gasteiger charge is 2.29. The second-order valence-corrected chi connectivity index (χ2v) is 9.47. The Kier molecular flexibility index (Phi) is 5.50. The van der Waals surface area contributed by atoms with Crippen molar-refractivity contribution in [3.63, 3.8) is 0 Å². The van der Waals surface area contributed by atoms with E-state index in [2.05, 4.69) is 17.1 Å². The summed E-state index contributed by atoms with van der Waals surface area (Å²) in [7, 11) is -3.56. The lowest BCUT2D eigenvalue weighted by atomic mass is 9.99. The summed E-state index contributed by atoms with van der Waals surface area (Å²) in [5.41, 5.74) is 1.26. The molecule has 2 aromatic rings. The monoisotopic (exact) mass is 402 g/mol. The van der Waals surface area contributed by atoms with Crippen LogP contribution in [0.1, 0.15) is 37.2 Å². The van der Waals surface area contributed by atoms with E-state index in [0.29, 0.717) is 25.6 Å². The van der Waals surface area contributed by atoms with E-state index in [0.717, 1.165) is 32.2 Å². The summed E-state index contributed by atoms with van der Waals surface area (Å²) >= 11 is 0. The summed E-state index contributed by atoms with van der Waals surface area (Å²) in [6.45, 7) is 2.64. The van der Waals surface area contributed by atoms with Crippen LogP contribution < -0.4 is 0 Å². The molecule has 0 N–H and O–H groups in total. The van der Waals surface area contributed by atoms with Crippen molar-refractivity contribution in [2.24, 2.45) is 0 Å². The van der Waals surface area contributed by atoms with E-state index in [1.54, 1.807) is 4.57 Å². The van der Waals surface area contributed by atoms with Crippen LogP contribution in [-0.4, -0.2) is 59.3 Å². The maximum atomic E-state index is 12.7. The number of likely N-dealkylation sites (tertiary alicyclic amines) is 1. The normalized spacial score (nSPS) is 21.1. The number of aromatic nitrogens is 2. The number of benzene rings is 1. The van der Waals surface area contributed by atoms with Crippen LogP contribution in [0, 0.1) is 0 Å². The van der Waals surface area contributed by atoms with Gasteiger partial charge >= 0.3 is 0 Å². The molecule has 7 nitrogen and oxygen atoms in total. The van der Waals surface area contributed by atoms with Crippen LogP contribution in [0.4, 0.5) is 0 Å². The molecule has 2 aliphatic rings. The van der Waals surface area contributed by atoms with Gasteiger partial charge in [-0.05, 0) is 24.8 Å². The number of piperidine rings is 1. The van der Waals surface area contributed by atoms with Crippen molar-refractivity contribution in [1.82, 2.24) is 18.8 Å². The molecule has 2 aliphatic heterocycles. The van der Waals surface area contributed by atoms with Crippen molar-refractivity contribution in [3.8, 4) is 0 Å². The number of sulfonamides is 1. The van der Waals surface area contributed by atoms with E-state index in [-0.39, 0.29) is 17.5 Å². The largest absolute Gasteiger partial charge is 0.341 e. The zero-order chi connectivity index (χ0) is 19.6. The lowest BCUT2D eigenvalue weighted by molar-refractivity contribution is -0.130. The Morgan fingerprint density at radius 1 is 1.07 bits per heavy atom. The SMILES string of the molecule is O=C(Cn1cnc(S(=O)(=O)N2CCCCC2)c1)N1CC[C@@H](c2ccccc2)C1. The molecule has 0 spiro atoms. The summed E-state index contributed by atoms with van der Waals surface area (Å²) in [4.78, 5) is 18.6. The van der Waals surface area contributed by atoms with Crippen molar-refractivity contribution in [1.29, 1.82) is 0 Å². The first-order valence-electron chi connectivity index (χ1n) is 9.89. The predicted molar refractivity (Wildman–Crippen MR) is 105 cm³/mol. The Balaban J connectivity index is 1.38. The van der Waals surface area contributed by atoms with Crippen LogP contribution >= 0.6 is 0 Å². The van der Waals surface area contributed by atoms with E-state index in [1.807, 2.05) is 23.1 Å². The number of rotatable bonds is 5. The zero-order valence-electron chi connectivity index (χ0n) is 15.9. The Morgan fingerprint density at radius 3 is 2.57 bits per heavy atom. The van der Waals surface area contributed by atoms with Gasteiger partial charge in [-0.2, -0.15) is 4.31 Å². The first kappa shape index (κ1) is 19.1. The fourth-order valence-electron chi connectivity index (χ4n) is 4.04. The molecule has 0 radical (unpaired) electrons. The molecule has 1 atom stereocenters. The molecule has 8 heteroatoms. The van der Waals surface area contributed by atoms with Crippen LogP contribution in [0.2, 0.25) is 0 Å². The molecule has 2 saturated heterocycles. The minimum atomic E-state index is -3.56. The smallest absolute Gasteiger partial charge is 0.262 e. The van der Waals surface area contributed by atoms with Crippen molar-refractivity contribution in [3.05, 3.63) is 48.4 Å². The van der Waals surface area contributed by atoms with Gasteiger partial charge in [-0.3, -0.25) is 4.79 Å². The topological polar surface area (TPSA) is 75.5 Å². The van der Waals surface area contributed by atoms with E-state index in [1.165, 1.54) is 22.4 Å². The molecule has 1 aromatic heterocycles. The number of nitrogens with zero attached hydrogens (tertiary/aromatic N) is 4. The Hall–Kier alpha value is -2.19. The average molecular weight is 403 g/mol. The molecule has 0 saturated carbocycles. The molecule has 3 heterocycles. The van der Waals surface area contributed by atoms with Gasteiger partial charge < -0.3 is 9.47 Å². The van der Waals surface area contributed by atoms with Gasteiger partial charge in [-0.15, -0.1) is 0 Å². The first-order valence-corrected chi connectivity index (χ1v) is 11.3. The summed E-state index contributed by atoms with van der Waals surface area (Å²) in [6.07, 6.45) is 6.71. The molecule has 0 aliphatic carbocycles. The number of imidazole rings is 1. The van der Waals surface area contributed by atoms with Crippen LogP contribution in [-0.2, 0) is 21.4 Å². The van der Waals surface area contributed by atoms with Crippen molar-refractivity contribution in [2.45, 2.75) is 43.2 Å². The molecule has 4 rings (SSSR count). The molecule has 28 heavy (non-hydrogen) atoms. The third-order valence-corrected chi connectivity index (χ3v) is 7.44. The fraction of sp³-hybridized carbons (Fsp3) is 0.500. The van der Waals surface area contributed by atoms with Crippen LogP contribution in [0.3, 0.4) is 0 Å². The Morgan fingerprint density at radius 2 is 1.82 bits per heavy atom. The van der Waals surface area contributed by atoms with Crippen LogP contribution in [0.15, 0.2) is 47.9 Å².